The minimum absolute atomic E-state index is 0.0328. The van der Waals surface area contributed by atoms with Crippen LogP contribution in [0.1, 0.15) is 22.8 Å². The molecule has 0 aliphatic carbocycles. The number of carbonyl (C=O) groups is 1. The van der Waals surface area contributed by atoms with Crippen LogP contribution in [0.3, 0.4) is 0 Å². The van der Waals surface area contributed by atoms with Gasteiger partial charge in [-0.1, -0.05) is 36.4 Å². The van der Waals surface area contributed by atoms with Crippen molar-refractivity contribution in [2.75, 3.05) is 13.2 Å². The molecule has 1 aliphatic heterocycles. The average molecular weight is 399 g/mol. The third-order valence-corrected chi connectivity index (χ3v) is 5.40. The maximum atomic E-state index is 12.8. The summed E-state index contributed by atoms with van der Waals surface area (Å²) in [6.07, 6.45) is -4.36. The lowest BCUT2D eigenvalue weighted by Gasteiger charge is -2.31. The van der Waals surface area contributed by atoms with E-state index in [9.17, 15) is 18.0 Å². The number of hydrogen-bond acceptors (Lipinski definition) is 2. The summed E-state index contributed by atoms with van der Waals surface area (Å²) < 4.78 is 43.6. The van der Waals surface area contributed by atoms with Crippen molar-refractivity contribution in [1.82, 2.24) is 5.32 Å². The highest BCUT2D eigenvalue weighted by molar-refractivity contribution is 6.02. The molecule has 3 aromatic carbocycles. The van der Waals surface area contributed by atoms with Crippen LogP contribution in [0.5, 0.6) is 0 Å². The highest BCUT2D eigenvalue weighted by atomic mass is 19.4. The summed E-state index contributed by atoms with van der Waals surface area (Å²) >= 11 is 0. The quantitative estimate of drug-likeness (QED) is 0.647. The van der Waals surface area contributed by atoms with E-state index in [0.717, 1.165) is 28.5 Å². The topological polar surface area (TPSA) is 38.3 Å². The first-order chi connectivity index (χ1) is 13.8. The van der Waals surface area contributed by atoms with Crippen LogP contribution in [0.15, 0.2) is 60.7 Å². The number of hydrogen-bond donors (Lipinski definition) is 1. The molecule has 3 aromatic rings. The Labute approximate surface area is 166 Å². The van der Waals surface area contributed by atoms with Crippen LogP contribution in [-0.4, -0.2) is 25.2 Å². The molecule has 0 spiro atoms. The van der Waals surface area contributed by atoms with E-state index in [1.807, 2.05) is 37.3 Å². The zero-order valence-electron chi connectivity index (χ0n) is 15.8. The molecule has 1 saturated heterocycles. The summed E-state index contributed by atoms with van der Waals surface area (Å²) in [5, 5.41) is 4.74. The highest BCUT2D eigenvalue weighted by Gasteiger charge is 2.30. The lowest BCUT2D eigenvalue weighted by atomic mass is 9.95. The van der Waals surface area contributed by atoms with Crippen molar-refractivity contribution in [3.63, 3.8) is 0 Å². The number of alkyl halides is 3. The molecule has 3 nitrogen and oxygen atoms in total. The second-order valence-corrected chi connectivity index (χ2v) is 7.38. The van der Waals surface area contributed by atoms with Crippen LogP contribution < -0.4 is 5.32 Å². The van der Waals surface area contributed by atoms with E-state index in [1.165, 1.54) is 12.1 Å². The molecule has 1 fully saturated rings. The van der Waals surface area contributed by atoms with Gasteiger partial charge < -0.3 is 10.1 Å². The number of benzene rings is 3. The van der Waals surface area contributed by atoms with Crippen molar-refractivity contribution in [2.45, 2.75) is 19.1 Å². The zero-order valence-corrected chi connectivity index (χ0v) is 15.8. The van der Waals surface area contributed by atoms with E-state index in [0.29, 0.717) is 30.3 Å². The van der Waals surface area contributed by atoms with Gasteiger partial charge >= 0.3 is 6.18 Å². The SMILES string of the molecule is CC(NC(=O)c1ccc2c(-c3ccc(C(F)(F)F)cc3)cccc2c1)C1COC1. The predicted octanol–water partition coefficient (Wildman–Crippen LogP) is 5.29. The van der Waals surface area contributed by atoms with Gasteiger partial charge in [-0.2, -0.15) is 13.2 Å². The zero-order chi connectivity index (χ0) is 20.6. The van der Waals surface area contributed by atoms with E-state index < -0.39 is 11.7 Å². The van der Waals surface area contributed by atoms with E-state index in [2.05, 4.69) is 5.32 Å². The van der Waals surface area contributed by atoms with Crippen molar-refractivity contribution < 1.29 is 22.7 Å². The van der Waals surface area contributed by atoms with E-state index in [-0.39, 0.29) is 11.9 Å². The third-order valence-electron chi connectivity index (χ3n) is 5.40. The predicted molar refractivity (Wildman–Crippen MR) is 106 cm³/mol. The van der Waals surface area contributed by atoms with Crippen molar-refractivity contribution >= 4 is 16.7 Å². The van der Waals surface area contributed by atoms with Crippen molar-refractivity contribution in [3.8, 4) is 11.1 Å². The largest absolute Gasteiger partial charge is 0.416 e. The summed E-state index contributed by atoms with van der Waals surface area (Å²) in [6, 6.07) is 16.1. The number of nitrogens with one attached hydrogen (secondary N) is 1. The first kappa shape index (κ1) is 19.5. The minimum Gasteiger partial charge on any atom is -0.381 e. The maximum absolute atomic E-state index is 12.8. The fourth-order valence-electron chi connectivity index (χ4n) is 3.47. The third kappa shape index (κ3) is 3.98. The maximum Gasteiger partial charge on any atom is 0.416 e. The van der Waals surface area contributed by atoms with Crippen LogP contribution in [-0.2, 0) is 10.9 Å². The monoisotopic (exact) mass is 399 g/mol. The normalized spacial score (nSPS) is 15.7. The van der Waals surface area contributed by atoms with Gasteiger partial charge in [-0.3, -0.25) is 4.79 Å². The molecule has 1 atom stereocenters. The Morgan fingerprint density at radius 1 is 1.07 bits per heavy atom. The molecule has 1 aliphatic rings. The lowest BCUT2D eigenvalue weighted by molar-refractivity contribution is -0.137. The van der Waals surface area contributed by atoms with E-state index >= 15 is 0 Å². The fraction of sp³-hybridized carbons (Fsp3) is 0.261. The van der Waals surface area contributed by atoms with Gasteiger partial charge in [-0.15, -0.1) is 0 Å². The fourth-order valence-corrected chi connectivity index (χ4v) is 3.47. The molecule has 1 N–H and O–H groups in total. The molecule has 0 saturated carbocycles. The Hall–Kier alpha value is -2.86. The Bertz CT molecular complexity index is 1040. The van der Waals surface area contributed by atoms with Crippen molar-refractivity contribution in [2.24, 2.45) is 5.92 Å². The highest BCUT2D eigenvalue weighted by Crippen LogP contribution is 2.33. The van der Waals surface area contributed by atoms with E-state index in [1.54, 1.807) is 6.07 Å². The molecule has 0 aromatic heterocycles. The van der Waals surface area contributed by atoms with Crippen molar-refractivity contribution in [1.29, 1.82) is 0 Å². The molecule has 29 heavy (non-hydrogen) atoms. The van der Waals surface area contributed by atoms with Gasteiger partial charge in [0.1, 0.15) is 0 Å². The second-order valence-electron chi connectivity index (χ2n) is 7.38. The number of halogens is 3. The van der Waals surface area contributed by atoms with Crippen LogP contribution in [0.4, 0.5) is 13.2 Å². The minimum atomic E-state index is -4.36. The first-order valence-electron chi connectivity index (χ1n) is 9.42. The van der Waals surface area contributed by atoms with Crippen molar-refractivity contribution in [3.05, 3.63) is 71.8 Å². The van der Waals surface area contributed by atoms with Gasteiger partial charge in [0, 0.05) is 17.5 Å². The van der Waals surface area contributed by atoms with Crippen LogP contribution in [0.25, 0.3) is 21.9 Å². The molecule has 1 amide bonds. The smallest absolute Gasteiger partial charge is 0.381 e. The Morgan fingerprint density at radius 2 is 1.79 bits per heavy atom. The number of ether oxygens (including phenoxy) is 1. The summed E-state index contributed by atoms with van der Waals surface area (Å²) in [4.78, 5) is 12.6. The molecular weight excluding hydrogens is 379 g/mol. The van der Waals surface area contributed by atoms with Gasteiger partial charge in [0.05, 0.1) is 18.8 Å². The Morgan fingerprint density at radius 3 is 2.41 bits per heavy atom. The molecule has 4 rings (SSSR count). The summed E-state index contributed by atoms with van der Waals surface area (Å²) in [6.45, 7) is 3.29. The molecule has 150 valence electrons. The molecule has 0 bridgehead atoms. The van der Waals surface area contributed by atoms with Gasteiger partial charge in [-0.25, -0.2) is 0 Å². The summed E-state index contributed by atoms with van der Waals surface area (Å²) in [5.74, 6) is 0.192. The van der Waals surface area contributed by atoms with E-state index in [4.69, 9.17) is 4.74 Å². The molecule has 6 heteroatoms. The molecule has 1 heterocycles. The average Bonchev–Trinajstić information content (AvgIpc) is 2.65. The van der Waals surface area contributed by atoms with Gasteiger partial charge in [0.2, 0.25) is 0 Å². The van der Waals surface area contributed by atoms with Crippen LogP contribution in [0.2, 0.25) is 0 Å². The standard InChI is InChI=1S/C23H20F3NO2/c1-14(18-12-29-13-18)27-22(28)17-7-10-21-16(11-17)3-2-4-20(21)15-5-8-19(9-6-15)23(24,25)26/h2-11,14,18H,12-13H2,1H3,(H,27,28). The number of rotatable bonds is 4. The Kier molecular flexibility index (Phi) is 5.04. The second kappa shape index (κ2) is 7.52. The van der Waals surface area contributed by atoms with Gasteiger partial charge in [-0.05, 0) is 53.1 Å². The lowest BCUT2D eigenvalue weighted by Crippen LogP contribution is -2.46. The Balaban J connectivity index is 1.61. The molecule has 0 radical (unpaired) electrons. The van der Waals surface area contributed by atoms with Gasteiger partial charge in [0.25, 0.3) is 5.91 Å². The van der Waals surface area contributed by atoms with Crippen LogP contribution in [0, 0.1) is 5.92 Å². The van der Waals surface area contributed by atoms with Gasteiger partial charge in [0.15, 0.2) is 0 Å². The summed E-state index contributed by atoms with van der Waals surface area (Å²) in [7, 11) is 0. The number of amides is 1. The summed E-state index contributed by atoms with van der Waals surface area (Å²) in [5.41, 5.74) is 1.39. The molecule has 1 unspecified atom stereocenters. The molecular formula is C23H20F3NO2. The van der Waals surface area contributed by atoms with Crippen LogP contribution >= 0.6 is 0 Å². The first-order valence-corrected chi connectivity index (χ1v) is 9.42. The number of fused-ring (bicyclic) bond motifs is 1. The number of carbonyl (C=O) groups excluding carboxylic acids is 1.